The summed E-state index contributed by atoms with van der Waals surface area (Å²) in [7, 11) is 0. The van der Waals surface area contributed by atoms with Crippen LogP contribution in [0.5, 0.6) is 0 Å². The van der Waals surface area contributed by atoms with E-state index in [1.807, 2.05) is 31.2 Å². The van der Waals surface area contributed by atoms with Gasteiger partial charge in [-0.3, -0.25) is 0 Å². The first-order chi connectivity index (χ1) is 10.1. The lowest BCUT2D eigenvalue weighted by Gasteiger charge is -2.07. The number of aromatic nitrogens is 2. The van der Waals surface area contributed by atoms with Crippen molar-refractivity contribution in [3.63, 3.8) is 0 Å². The van der Waals surface area contributed by atoms with Gasteiger partial charge in [-0.2, -0.15) is 0 Å². The summed E-state index contributed by atoms with van der Waals surface area (Å²) in [6, 6.07) is 10.9. The van der Waals surface area contributed by atoms with Crippen molar-refractivity contribution in [2.24, 2.45) is 0 Å². The molecule has 0 amide bonds. The minimum Gasteiger partial charge on any atom is -0.454 e. The SMILES string of the molecule is Cc1ccc(C(=O)OCc2nc3ccccc3nc2C)o1. The Balaban J connectivity index is 1.78. The van der Waals surface area contributed by atoms with Crippen LogP contribution in [0.15, 0.2) is 40.8 Å². The number of rotatable bonds is 3. The molecule has 0 radical (unpaired) electrons. The van der Waals surface area contributed by atoms with Crippen LogP contribution in [0, 0.1) is 13.8 Å². The number of para-hydroxylation sites is 2. The van der Waals surface area contributed by atoms with Crippen molar-refractivity contribution < 1.29 is 13.9 Å². The summed E-state index contributed by atoms with van der Waals surface area (Å²) in [5.41, 5.74) is 3.00. The van der Waals surface area contributed by atoms with Crippen molar-refractivity contribution in [2.75, 3.05) is 0 Å². The molecule has 1 aromatic carbocycles. The highest BCUT2D eigenvalue weighted by atomic mass is 16.5. The summed E-state index contributed by atoms with van der Waals surface area (Å²) in [4.78, 5) is 20.8. The Hall–Kier alpha value is -2.69. The van der Waals surface area contributed by atoms with Gasteiger partial charge in [0.2, 0.25) is 5.76 Å². The van der Waals surface area contributed by atoms with E-state index in [0.29, 0.717) is 11.5 Å². The normalized spacial score (nSPS) is 10.8. The molecule has 0 aliphatic rings. The number of aryl methyl sites for hydroxylation is 2. The summed E-state index contributed by atoms with van der Waals surface area (Å²) >= 11 is 0. The fourth-order valence-electron chi connectivity index (χ4n) is 2.01. The van der Waals surface area contributed by atoms with Gasteiger partial charge >= 0.3 is 5.97 Å². The second kappa shape index (κ2) is 5.36. The molecule has 0 fully saturated rings. The second-order valence-electron chi connectivity index (χ2n) is 4.73. The average molecular weight is 282 g/mol. The number of fused-ring (bicyclic) bond motifs is 1. The third-order valence-corrected chi connectivity index (χ3v) is 3.12. The van der Waals surface area contributed by atoms with Crippen LogP contribution >= 0.6 is 0 Å². The number of esters is 1. The molecule has 0 N–H and O–H groups in total. The van der Waals surface area contributed by atoms with Crippen molar-refractivity contribution in [3.8, 4) is 0 Å². The maximum absolute atomic E-state index is 11.8. The molecular formula is C16H14N2O3. The topological polar surface area (TPSA) is 65.2 Å². The van der Waals surface area contributed by atoms with Crippen LogP contribution in [0.1, 0.15) is 27.7 Å². The van der Waals surface area contributed by atoms with Gasteiger partial charge < -0.3 is 9.15 Å². The molecule has 2 heterocycles. The number of carbonyl (C=O) groups is 1. The van der Waals surface area contributed by atoms with E-state index in [0.717, 1.165) is 16.7 Å². The zero-order valence-electron chi connectivity index (χ0n) is 11.8. The van der Waals surface area contributed by atoms with Gasteiger partial charge in [0, 0.05) is 0 Å². The summed E-state index contributed by atoms with van der Waals surface area (Å²) in [6.07, 6.45) is 0. The number of hydrogen-bond donors (Lipinski definition) is 0. The van der Waals surface area contributed by atoms with Gasteiger partial charge in [0.1, 0.15) is 12.4 Å². The molecule has 21 heavy (non-hydrogen) atoms. The van der Waals surface area contributed by atoms with E-state index in [9.17, 15) is 4.79 Å². The van der Waals surface area contributed by atoms with Crippen LogP contribution in [0.4, 0.5) is 0 Å². The molecule has 0 atom stereocenters. The molecule has 0 unspecified atom stereocenters. The molecule has 106 valence electrons. The van der Waals surface area contributed by atoms with E-state index >= 15 is 0 Å². The molecular weight excluding hydrogens is 268 g/mol. The van der Waals surface area contributed by atoms with Crippen LogP contribution < -0.4 is 0 Å². The minimum atomic E-state index is -0.502. The van der Waals surface area contributed by atoms with Gasteiger partial charge in [0.15, 0.2) is 0 Å². The van der Waals surface area contributed by atoms with Crippen molar-refractivity contribution in [1.29, 1.82) is 0 Å². The van der Waals surface area contributed by atoms with Crippen LogP contribution in [-0.4, -0.2) is 15.9 Å². The van der Waals surface area contributed by atoms with E-state index in [1.165, 1.54) is 0 Å². The third-order valence-electron chi connectivity index (χ3n) is 3.12. The van der Waals surface area contributed by atoms with E-state index in [2.05, 4.69) is 9.97 Å². The first-order valence-electron chi connectivity index (χ1n) is 6.59. The monoisotopic (exact) mass is 282 g/mol. The molecule has 0 aliphatic carbocycles. The van der Waals surface area contributed by atoms with Crippen molar-refractivity contribution in [1.82, 2.24) is 9.97 Å². The number of carbonyl (C=O) groups excluding carboxylic acids is 1. The fraction of sp³-hybridized carbons (Fsp3) is 0.188. The van der Waals surface area contributed by atoms with E-state index in [1.54, 1.807) is 19.1 Å². The summed E-state index contributed by atoms with van der Waals surface area (Å²) in [5, 5.41) is 0. The summed E-state index contributed by atoms with van der Waals surface area (Å²) in [5.74, 6) is 0.361. The van der Waals surface area contributed by atoms with Gasteiger partial charge in [-0.25, -0.2) is 14.8 Å². The third kappa shape index (κ3) is 2.76. The molecule has 5 heteroatoms. The molecule has 0 saturated heterocycles. The van der Waals surface area contributed by atoms with Crippen LogP contribution in [0.2, 0.25) is 0 Å². The fourth-order valence-corrected chi connectivity index (χ4v) is 2.01. The average Bonchev–Trinajstić information content (AvgIpc) is 2.91. The predicted molar refractivity (Wildman–Crippen MR) is 76.8 cm³/mol. The highest BCUT2D eigenvalue weighted by molar-refractivity contribution is 5.86. The Kier molecular flexibility index (Phi) is 3.39. The molecule has 5 nitrogen and oxygen atoms in total. The van der Waals surface area contributed by atoms with E-state index in [4.69, 9.17) is 9.15 Å². The quantitative estimate of drug-likeness (QED) is 0.690. The number of hydrogen-bond acceptors (Lipinski definition) is 5. The van der Waals surface area contributed by atoms with E-state index in [-0.39, 0.29) is 12.4 Å². The van der Waals surface area contributed by atoms with Gasteiger partial charge in [0.05, 0.1) is 22.4 Å². The Bertz CT molecular complexity index is 808. The van der Waals surface area contributed by atoms with Gasteiger partial charge in [-0.05, 0) is 38.1 Å². The highest BCUT2D eigenvalue weighted by Crippen LogP contribution is 2.14. The van der Waals surface area contributed by atoms with Gasteiger partial charge in [0.25, 0.3) is 0 Å². The Morgan fingerprint density at radius 1 is 1.10 bits per heavy atom. The maximum Gasteiger partial charge on any atom is 0.374 e. The first-order valence-corrected chi connectivity index (χ1v) is 6.59. The highest BCUT2D eigenvalue weighted by Gasteiger charge is 2.13. The Morgan fingerprint density at radius 2 is 1.81 bits per heavy atom. The molecule has 0 bridgehead atoms. The zero-order valence-corrected chi connectivity index (χ0v) is 11.8. The number of ether oxygens (including phenoxy) is 1. The molecule has 2 aromatic heterocycles. The van der Waals surface area contributed by atoms with Crippen molar-refractivity contribution >= 4 is 17.0 Å². The number of furan rings is 1. The van der Waals surface area contributed by atoms with Crippen molar-refractivity contribution in [3.05, 3.63) is 59.3 Å². The lowest BCUT2D eigenvalue weighted by molar-refractivity contribution is 0.0429. The molecule has 3 rings (SSSR count). The lowest BCUT2D eigenvalue weighted by atomic mass is 10.2. The molecule has 0 saturated carbocycles. The largest absolute Gasteiger partial charge is 0.454 e. The van der Waals surface area contributed by atoms with E-state index < -0.39 is 5.97 Å². The molecule has 0 spiro atoms. The maximum atomic E-state index is 11.8. The standard InChI is InChI=1S/C16H14N2O3/c1-10-7-8-15(21-10)16(19)20-9-14-11(2)17-12-5-3-4-6-13(12)18-14/h3-8H,9H2,1-2H3. The summed E-state index contributed by atoms with van der Waals surface area (Å²) < 4.78 is 10.4. The van der Waals surface area contributed by atoms with Crippen molar-refractivity contribution in [2.45, 2.75) is 20.5 Å². The minimum absolute atomic E-state index is 0.0717. The number of benzene rings is 1. The first kappa shape index (κ1) is 13.3. The lowest BCUT2D eigenvalue weighted by Crippen LogP contribution is -2.07. The van der Waals surface area contributed by atoms with Gasteiger partial charge in [-0.1, -0.05) is 12.1 Å². The zero-order chi connectivity index (χ0) is 14.8. The van der Waals surface area contributed by atoms with Crippen LogP contribution in [0.3, 0.4) is 0 Å². The predicted octanol–water partition coefficient (Wildman–Crippen LogP) is 3.20. The van der Waals surface area contributed by atoms with Crippen LogP contribution in [-0.2, 0) is 11.3 Å². The second-order valence-corrected chi connectivity index (χ2v) is 4.73. The summed E-state index contributed by atoms with van der Waals surface area (Å²) in [6.45, 7) is 3.69. The van der Waals surface area contributed by atoms with Gasteiger partial charge in [-0.15, -0.1) is 0 Å². The van der Waals surface area contributed by atoms with Crippen LogP contribution in [0.25, 0.3) is 11.0 Å². The number of nitrogens with zero attached hydrogens (tertiary/aromatic N) is 2. The smallest absolute Gasteiger partial charge is 0.374 e. The Morgan fingerprint density at radius 3 is 2.48 bits per heavy atom. The molecule has 3 aromatic rings. The Labute approximate surface area is 121 Å². The molecule has 0 aliphatic heterocycles.